The Morgan fingerprint density at radius 3 is 2.62 bits per heavy atom. The number of hydrogen-bond acceptors (Lipinski definition) is 5. The summed E-state index contributed by atoms with van der Waals surface area (Å²) in [5.74, 6) is 0.430. The van der Waals surface area contributed by atoms with Crippen molar-refractivity contribution in [2.45, 2.75) is 38.5 Å². The Balaban J connectivity index is 1.72. The predicted molar refractivity (Wildman–Crippen MR) is 143 cm³/mol. The SMILES string of the molecule is CCSCCOC(=O)C1C(C)=NC2=C(C(=O)C[C@@H](c3ccc(Cl)cc3)C2)[C@H]1c1ccccc1Br. The Labute approximate surface area is 218 Å². The highest BCUT2D eigenvalue weighted by Gasteiger charge is 2.45. The number of halogens is 2. The third kappa shape index (κ3) is 5.34. The number of aliphatic imine (C=N–C) groups is 1. The van der Waals surface area contributed by atoms with Crippen LogP contribution in [0.15, 0.2) is 69.3 Å². The topological polar surface area (TPSA) is 55.7 Å². The van der Waals surface area contributed by atoms with Crippen molar-refractivity contribution in [3.8, 4) is 0 Å². The van der Waals surface area contributed by atoms with Gasteiger partial charge in [0.15, 0.2) is 5.78 Å². The number of benzene rings is 2. The molecule has 1 heterocycles. The van der Waals surface area contributed by atoms with Gasteiger partial charge in [0, 0.05) is 44.6 Å². The lowest BCUT2D eigenvalue weighted by atomic mass is 9.69. The van der Waals surface area contributed by atoms with Crippen molar-refractivity contribution >= 4 is 56.8 Å². The van der Waals surface area contributed by atoms with Crippen LogP contribution in [-0.4, -0.2) is 35.6 Å². The van der Waals surface area contributed by atoms with E-state index in [-0.39, 0.29) is 17.7 Å². The number of Topliss-reactive ketones (excluding diaryl/α,β-unsaturated/α-hetero) is 1. The second kappa shape index (κ2) is 11.2. The lowest BCUT2D eigenvalue weighted by molar-refractivity contribution is -0.145. The fourth-order valence-electron chi connectivity index (χ4n) is 4.83. The molecule has 0 saturated heterocycles. The average Bonchev–Trinajstić information content (AvgIpc) is 2.81. The van der Waals surface area contributed by atoms with Gasteiger partial charge in [-0.1, -0.05) is 64.8 Å². The van der Waals surface area contributed by atoms with Gasteiger partial charge in [-0.25, -0.2) is 0 Å². The zero-order chi connectivity index (χ0) is 24.2. The quantitative estimate of drug-likeness (QED) is 0.271. The van der Waals surface area contributed by atoms with Gasteiger partial charge < -0.3 is 4.74 Å². The summed E-state index contributed by atoms with van der Waals surface area (Å²) < 4.78 is 6.53. The first kappa shape index (κ1) is 25.2. The summed E-state index contributed by atoms with van der Waals surface area (Å²) in [6.45, 7) is 4.30. The van der Waals surface area contributed by atoms with Crippen LogP contribution >= 0.6 is 39.3 Å². The van der Waals surface area contributed by atoms with Gasteiger partial charge in [-0.05, 0) is 54.3 Å². The molecule has 0 fully saturated rings. The summed E-state index contributed by atoms with van der Waals surface area (Å²) in [6, 6.07) is 15.5. The monoisotopic (exact) mass is 559 g/mol. The molecular formula is C27H27BrClNO3S. The molecule has 0 spiro atoms. The van der Waals surface area contributed by atoms with E-state index in [0.717, 1.165) is 32.8 Å². The standard InChI is InChI=1S/C27H27BrClNO3S/c1-3-34-13-12-33-27(32)24-16(2)30-22-14-18(17-8-10-19(29)11-9-17)15-23(31)26(22)25(24)20-6-4-5-7-21(20)28/h4-11,18,24-25H,3,12-15H2,1-2H3/t18-,24?,25-/m0/s1. The highest BCUT2D eigenvalue weighted by molar-refractivity contribution is 9.10. The fraction of sp³-hybridized carbons (Fsp3) is 0.370. The van der Waals surface area contributed by atoms with Crippen LogP contribution in [0.2, 0.25) is 5.02 Å². The molecule has 1 aliphatic carbocycles. The number of nitrogens with zero attached hydrogens (tertiary/aromatic N) is 1. The molecule has 1 unspecified atom stereocenters. The summed E-state index contributed by atoms with van der Waals surface area (Å²) >= 11 is 11.4. The lowest BCUT2D eigenvalue weighted by Gasteiger charge is -2.37. The van der Waals surface area contributed by atoms with Crippen molar-refractivity contribution in [1.29, 1.82) is 0 Å². The number of allylic oxidation sites excluding steroid dienone is 2. The highest BCUT2D eigenvalue weighted by atomic mass is 79.9. The first-order valence-electron chi connectivity index (χ1n) is 11.5. The average molecular weight is 561 g/mol. The van der Waals surface area contributed by atoms with Gasteiger partial charge in [-0.15, -0.1) is 0 Å². The zero-order valence-corrected chi connectivity index (χ0v) is 22.4. The van der Waals surface area contributed by atoms with Crippen LogP contribution < -0.4 is 0 Å². The second-order valence-electron chi connectivity index (χ2n) is 8.53. The summed E-state index contributed by atoms with van der Waals surface area (Å²) in [7, 11) is 0. The Bertz CT molecular complexity index is 1140. The second-order valence-corrected chi connectivity index (χ2v) is 11.2. The first-order valence-corrected chi connectivity index (χ1v) is 13.8. The van der Waals surface area contributed by atoms with Crippen molar-refractivity contribution in [1.82, 2.24) is 0 Å². The van der Waals surface area contributed by atoms with E-state index in [2.05, 4.69) is 22.9 Å². The molecule has 0 amide bonds. The number of carbonyl (C=O) groups is 2. The molecule has 0 aromatic heterocycles. The number of ketones is 1. The number of ether oxygens (including phenoxy) is 1. The molecule has 2 aliphatic rings. The number of carbonyl (C=O) groups excluding carboxylic acids is 2. The number of esters is 1. The third-order valence-corrected chi connectivity index (χ3v) is 8.24. The van der Waals surface area contributed by atoms with E-state index < -0.39 is 11.8 Å². The van der Waals surface area contributed by atoms with Crippen LogP contribution in [0.5, 0.6) is 0 Å². The molecule has 7 heteroatoms. The van der Waals surface area contributed by atoms with Crippen molar-refractivity contribution in [2.75, 3.05) is 18.1 Å². The minimum atomic E-state index is -0.625. The molecule has 34 heavy (non-hydrogen) atoms. The van der Waals surface area contributed by atoms with Crippen LogP contribution in [0, 0.1) is 5.92 Å². The summed E-state index contributed by atoms with van der Waals surface area (Å²) in [4.78, 5) is 31.7. The van der Waals surface area contributed by atoms with Gasteiger partial charge >= 0.3 is 5.97 Å². The van der Waals surface area contributed by atoms with Crippen LogP contribution in [0.3, 0.4) is 0 Å². The maximum Gasteiger partial charge on any atom is 0.315 e. The van der Waals surface area contributed by atoms with Gasteiger partial charge in [0.2, 0.25) is 0 Å². The molecule has 0 bridgehead atoms. The van der Waals surface area contributed by atoms with E-state index in [1.165, 1.54) is 0 Å². The van der Waals surface area contributed by atoms with E-state index in [0.29, 0.717) is 35.8 Å². The summed E-state index contributed by atoms with van der Waals surface area (Å²) in [6.07, 6.45) is 1.03. The smallest absolute Gasteiger partial charge is 0.315 e. The van der Waals surface area contributed by atoms with Crippen molar-refractivity contribution < 1.29 is 14.3 Å². The Morgan fingerprint density at radius 1 is 1.18 bits per heavy atom. The molecule has 2 aromatic carbocycles. The van der Waals surface area contributed by atoms with E-state index in [4.69, 9.17) is 21.3 Å². The van der Waals surface area contributed by atoms with E-state index in [9.17, 15) is 9.59 Å². The Morgan fingerprint density at radius 2 is 1.91 bits per heavy atom. The van der Waals surface area contributed by atoms with Crippen LogP contribution in [0.1, 0.15) is 49.7 Å². The predicted octanol–water partition coefficient (Wildman–Crippen LogP) is 6.97. The van der Waals surface area contributed by atoms with Crippen molar-refractivity contribution in [2.24, 2.45) is 10.9 Å². The minimum Gasteiger partial charge on any atom is -0.464 e. The van der Waals surface area contributed by atoms with Gasteiger partial charge in [0.1, 0.15) is 12.5 Å². The number of thioether (sulfide) groups is 1. The molecule has 1 aliphatic heterocycles. The molecule has 178 valence electrons. The maximum atomic E-state index is 13.6. The Kier molecular flexibility index (Phi) is 8.33. The lowest BCUT2D eigenvalue weighted by Crippen LogP contribution is -2.38. The first-order chi connectivity index (χ1) is 16.4. The van der Waals surface area contributed by atoms with Gasteiger partial charge in [0.25, 0.3) is 0 Å². The Hall–Kier alpha value is -1.89. The van der Waals surface area contributed by atoms with Crippen LogP contribution in [0.25, 0.3) is 0 Å². The normalized spacial score (nSPS) is 22.3. The maximum absolute atomic E-state index is 13.6. The largest absolute Gasteiger partial charge is 0.464 e. The molecular weight excluding hydrogens is 534 g/mol. The molecule has 3 atom stereocenters. The molecule has 4 rings (SSSR count). The van der Waals surface area contributed by atoms with E-state index >= 15 is 0 Å². The molecule has 0 radical (unpaired) electrons. The molecule has 4 nitrogen and oxygen atoms in total. The fourth-order valence-corrected chi connectivity index (χ4v) is 5.98. The third-order valence-electron chi connectivity index (χ3n) is 6.40. The highest BCUT2D eigenvalue weighted by Crippen LogP contribution is 2.48. The van der Waals surface area contributed by atoms with Gasteiger partial charge in [0.05, 0.1) is 0 Å². The molecule has 2 aromatic rings. The van der Waals surface area contributed by atoms with E-state index in [1.807, 2.05) is 55.5 Å². The van der Waals surface area contributed by atoms with Crippen LogP contribution in [-0.2, 0) is 14.3 Å². The van der Waals surface area contributed by atoms with Gasteiger partial charge in [-0.3, -0.25) is 14.6 Å². The zero-order valence-electron chi connectivity index (χ0n) is 19.2. The summed E-state index contributed by atoms with van der Waals surface area (Å²) in [5.41, 5.74) is 4.10. The molecule has 0 saturated carbocycles. The van der Waals surface area contributed by atoms with Crippen LogP contribution in [0.4, 0.5) is 0 Å². The van der Waals surface area contributed by atoms with E-state index in [1.54, 1.807) is 11.8 Å². The summed E-state index contributed by atoms with van der Waals surface area (Å²) in [5, 5.41) is 0.671. The number of hydrogen-bond donors (Lipinski definition) is 0. The minimum absolute atomic E-state index is 0.0366. The van der Waals surface area contributed by atoms with Gasteiger partial charge in [-0.2, -0.15) is 11.8 Å². The number of rotatable bonds is 7. The van der Waals surface area contributed by atoms with Crippen molar-refractivity contribution in [3.05, 3.63) is 80.4 Å². The van der Waals surface area contributed by atoms with Crippen molar-refractivity contribution in [3.63, 3.8) is 0 Å². The molecule has 0 N–H and O–H groups in total.